The molecule has 0 aliphatic rings. The molecule has 3 aromatic rings. The Morgan fingerprint density at radius 3 is 1.27 bits per heavy atom. The van der Waals surface area contributed by atoms with Gasteiger partial charge in [-0.15, -0.1) is 0 Å². The van der Waals surface area contributed by atoms with Crippen LogP contribution in [0, 0.1) is 0 Å². The summed E-state index contributed by atoms with van der Waals surface area (Å²) in [5.41, 5.74) is 6.94. The second-order valence-electron chi connectivity index (χ2n) is 10.4. The Labute approximate surface area is 226 Å². The fourth-order valence-corrected chi connectivity index (χ4v) is 10.8. The molecular weight excluding hydrogens is 471 g/mol. The first kappa shape index (κ1) is 29.6. The molecular formula is C34H49O2P. The van der Waals surface area contributed by atoms with Gasteiger partial charge in [0, 0.05) is 0 Å². The van der Waals surface area contributed by atoms with E-state index >= 15 is 0 Å². The summed E-state index contributed by atoms with van der Waals surface area (Å²) in [6.07, 6.45) is 9.47. The van der Waals surface area contributed by atoms with E-state index in [2.05, 4.69) is 65.8 Å². The first-order valence-electron chi connectivity index (χ1n) is 14.7. The fraction of sp³-hybridized carbons (Fsp3) is 0.471. The number of benzene rings is 3. The van der Waals surface area contributed by atoms with Crippen LogP contribution < -0.4 is 15.9 Å². The third-order valence-electron chi connectivity index (χ3n) is 8.09. The van der Waals surface area contributed by atoms with Gasteiger partial charge in [-0.25, -0.2) is 0 Å². The summed E-state index contributed by atoms with van der Waals surface area (Å²) in [7, 11) is -4.81. The average molecular weight is 521 g/mol. The van der Waals surface area contributed by atoms with E-state index in [0.29, 0.717) is 5.30 Å². The maximum absolute atomic E-state index is 13.5. The van der Waals surface area contributed by atoms with E-state index in [1.807, 2.05) is 30.3 Å². The van der Waals surface area contributed by atoms with E-state index in [1.165, 1.54) is 11.1 Å². The van der Waals surface area contributed by atoms with Crippen molar-refractivity contribution in [3.05, 3.63) is 88.0 Å². The van der Waals surface area contributed by atoms with E-state index in [9.17, 15) is 9.79 Å². The van der Waals surface area contributed by atoms with Crippen molar-refractivity contribution < 1.29 is 9.79 Å². The molecule has 3 rings (SSSR count). The summed E-state index contributed by atoms with van der Waals surface area (Å²) in [6.45, 7) is 13.1. The molecule has 2 N–H and O–H groups in total. The van der Waals surface area contributed by atoms with Crippen LogP contribution in [0.2, 0.25) is 0 Å². The molecule has 0 aliphatic heterocycles. The van der Waals surface area contributed by atoms with Crippen molar-refractivity contribution in [3.8, 4) is 0 Å². The van der Waals surface area contributed by atoms with E-state index in [4.69, 9.17) is 0 Å². The summed E-state index contributed by atoms with van der Waals surface area (Å²) in [6, 6.07) is 18.6. The second-order valence-corrected chi connectivity index (χ2v) is 13.9. The van der Waals surface area contributed by atoms with Gasteiger partial charge < -0.3 is 0 Å². The molecule has 3 aromatic carbocycles. The molecule has 0 fully saturated rings. The normalized spacial score (nSPS) is 12.9. The Morgan fingerprint density at radius 2 is 0.919 bits per heavy atom. The zero-order chi connectivity index (χ0) is 27.1. The Hall–Kier alpha value is -1.99. The predicted molar refractivity (Wildman–Crippen MR) is 164 cm³/mol. The quantitative estimate of drug-likeness (QED) is 0.233. The van der Waals surface area contributed by atoms with Gasteiger partial charge in [-0.05, 0) is 0 Å². The van der Waals surface area contributed by atoms with Gasteiger partial charge in [0.05, 0.1) is 0 Å². The molecule has 0 amide bonds. The summed E-state index contributed by atoms with van der Waals surface area (Å²) in [5, 5.41) is 2.28. The van der Waals surface area contributed by atoms with Crippen LogP contribution >= 0.6 is 7.06 Å². The van der Waals surface area contributed by atoms with E-state index < -0.39 is 7.06 Å². The number of aryl methyl sites for hydroxylation is 4. The van der Waals surface area contributed by atoms with Gasteiger partial charge in [0.15, 0.2) is 0 Å². The summed E-state index contributed by atoms with van der Waals surface area (Å²) >= 11 is 0. The number of rotatable bonds is 13. The minimum absolute atomic E-state index is 0.655. The zero-order valence-corrected chi connectivity index (χ0v) is 25.0. The SMILES string of the molecule is CCCCc1ccc(CC)c(P(O)(O)(c2ccccc2)c2c(CC)ccc(CCCC)c2CC)c1CC. The molecule has 0 radical (unpaired) electrons. The Bertz CT molecular complexity index is 1110. The first-order chi connectivity index (χ1) is 17.8. The molecule has 0 aromatic heterocycles. The van der Waals surface area contributed by atoms with Crippen molar-refractivity contribution in [3.63, 3.8) is 0 Å². The van der Waals surface area contributed by atoms with E-state index in [1.54, 1.807) is 0 Å². The Morgan fingerprint density at radius 1 is 0.514 bits per heavy atom. The number of hydrogen-bond acceptors (Lipinski definition) is 2. The summed E-state index contributed by atoms with van der Waals surface area (Å²) in [4.78, 5) is 27.0. The molecule has 0 spiro atoms. The van der Waals surface area contributed by atoms with Crippen LogP contribution in [-0.4, -0.2) is 9.79 Å². The Balaban J connectivity index is 2.59. The molecule has 0 aliphatic carbocycles. The van der Waals surface area contributed by atoms with Gasteiger partial charge >= 0.3 is 226 Å². The number of unbranched alkanes of at least 4 members (excludes halogenated alkanes) is 2. The van der Waals surface area contributed by atoms with Gasteiger partial charge in [-0.1, -0.05) is 0 Å². The third kappa shape index (κ3) is 5.44. The van der Waals surface area contributed by atoms with Crippen molar-refractivity contribution in [1.29, 1.82) is 0 Å². The molecule has 0 bridgehead atoms. The van der Waals surface area contributed by atoms with Crippen molar-refractivity contribution in [2.24, 2.45) is 0 Å². The van der Waals surface area contributed by atoms with Crippen LogP contribution in [0.25, 0.3) is 0 Å². The van der Waals surface area contributed by atoms with Gasteiger partial charge in [0.2, 0.25) is 0 Å². The standard InChI is InChI=1S/C34H49O2P/c1-7-13-18-28-24-22-26(9-3)33(31(28)11-5)37(35,36,30-20-16-15-17-21-30)34-27(10-4)23-25-29(19-14-8-2)32(34)12-6/h15-17,20-25,35-36H,7-14,18-19H2,1-6H3. The molecule has 2 nitrogen and oxygen atoms in total. The third-order valence-corrected chi connectivity index (χ3v) is 12.2. The van der Waals surface area contributed by atoms with Crippen LogP contribution in [0.15, 0.2) is 54.6 Å². The molecule has 0 heterocycles. The number of hydrogen-bond donors (Lipinski definition) is 2. The molecule has 202 valence electrons. The van der Waals surface area contributed by atoms with Gasteiger partial charge in [-0.2, -0.15) is 0 Å². The fourth-order valence-electron chi connectivity index (χ4n) is 6.15. The predicted octanol–water partition coefficient (Wildman–Crippen LogP) is 7.27. The van der Waals surface area contributed by atoms with Crippen LogP contribution in [0.3, 0.4) is 0 Å². The van der Waals surface area contributed by atoms with Crippen LogP contribution in [0.4, 0.5) is 0 Å². The monoisotopic (exact) mass is 520 g/mol. The molecule has 0 atom stereocenters. The van der Waals surface area contributed by atoms with Crippen LogP contribution in [0.1, 0.15) is 101 Å². The Kier molecular flexibility index (Phi) is 10.2. The summed E-state index contributed by atoms with van der Waals surface area (Å²) < 4.78 is 0. The molecule has 37 heavy (non-hydrogen) atoms. The zero-order valence-electron chi connectivity index (χ0n) is 24.1. The molecule has 3 heteroatoms. The summed E-state index contributed by atoms with van der Waals surface area (Å²) in [5.74, 6) is 0. The van der Waals surface area contributed by atoms with Crippen LogP contribution in [-0.2, 0) is 38.5 Å². The van der Waals surface area contributed by atoms with E-state index in [0.717, 1.165) is 97.1 Å². The first-order valence-corrected chi connectivity index (χ1v) is 16.8. The maximum atomic E-state index is 13.5. The van der Waals surface area contributed by atoms with Gasteiger partial charge in [0.1, 0.15) is 0 Å². The topological polar surface area (TPSA) is 40.5 Å². The molecule has 0 unspecified atom stereocenters. The molecule has 0 saturated heterocycles. The van der Waals surface area contributed by atoms with E-state index in [-0.39, 0.29) is 0 Å². The minimum atomic E-state index is -4.81. The second kappa shape index (κ2) is 12.7. The van der Waals surface area contributed by atoms with Crippen LogP contribution in [0.5, 0.6) is 0 Å². The van der Waals surface area contributed by atoms with Crippen molar-refractivity contribution in [2.75, 3.05) is 0 Å². The van der Waals surface area contributed by atoms with Gasteiger partial charge in [0.25, 0.3) is 0 Å². The van der Waals surface area contributed by atoms with Gasteiger partial charge in [-0.3, -0.25) is 0 Å². The van der Waals surface area contributed by atoms with Crippen molar-refractivity contribution in [1.82, 2.24) is 0 Å². The molecule has 0 saturated carbocycles. The van der Waals surface area contributed by atoms with Crippen molar-refractivity contribution in [2.45, 2.75) is 106 Å². The van der Waals surface area contributed by atoms with Crippen molar-refractivity contribution >= 4 is 23.0 Å². The average Bonchev–Trinajstić information content (AvgIpc) is 2.94.